The fraction of sp³-hybridized carbons (Fsp3) is 0.261. The number of benzene rings is 3. The van der Waals surface area contributed by atoms with Gasteiger partial charge >= 0.3 is 0 Å². The van der Waals surface area contributed by atoms with Crippen LogP contribution in [-0.2, 0) is 6.54 Å². The van der Waals surface area contributed by atoms with Crippen LogP contribution in [0, 0.1) is 6.92 Å². The first-order valence-electron chi connectivity index (χ1n) is 9.40. The number of phenols is 1. The van der Waals surface area contributed by atoms with Crippen molar-refractivity contribution in [1.29, 1.82) is 0 Å². The van der Waals surface area contributed by atoms with Crippen LogP contribution < -0.4 is 0 Å². The number of amides is 1. The Morgan fingerprint density at radius 1 is 0.963 bits per heavy atom. The van der Waals surface area contributed by atoms with E-state index in [-0.39, 0.29) is 11.7 Å². The van der Waals surface area contributed by atoms with E-state index in [0.717, 1.165) is 25.2 Å². The zero-order valence-electron chi connectivity index (χ0n) is 15.6. The standard InChI is InChI=1S/C23H24N2O2/c1-17-9-10-21(22(26)15-17)23(27)25-13-11-24(12-14-25)16-19-7-4-6-18-5-2-3-8-20(18)19/h2-10,15,26H,11-14,16H2,1H3. The molecule has 0 saturated carbocycles. The lowest BCUT2D eigenvalue weighted by Gasteiger charge is -2.35. The normalized spacial score (nSPS) is 15.2. The Labute approximate surface area is 159 Å². The second-order valence-corrected chi connectivity index (χ2v) is 7.23. The summed E-state index contributed by atoms with van der Waals surface area (Å²) < 4.78 is 0. The van der Waals surface area contributed by atoms with Gasteiger partial charge in [0.15, 0.2) is 0 Å². The number of carbonyl (C=O) groups excluding carboxylic acids is 1. The van der Waals surface area contributed by atoms with Gasteiger partial charge in [-0.2, -0.15) is 0 Å². The molecular formula is C23H24N2O2. The molecule has 1 N–H and O–H groups in total. The lowest BCUT2D eigenvalue weighted by molar-refractivity contribution is 0.0626. The maximum absolute atomic E-state index is 12.7. The SMILES string of the molecule is Cc1ccc(C(=O)N2CCN(Cc3cccc4ccccc34)CC2)c(O)c1. The summed E-state index contributed by atoms with van der Waals surface area (Å²) in [5, 5.41) is 12.6. The largest absolute Gasteiger partial charge is 0.507 e. The van der Waals surface area contributed by atoms with Crippen LogP contribution in [0.2, 0.25) is 0 Å². The number of aromatic hydroxyl groups is 1. The number of hydrogen-bond acceptors (Lipinski definition) is 3. The summed E-state index contributed by atoms with van der Waals surface area (Å²) in [6, 6.07) is 20.1. The molecule has 27 heavy (non-hydrogen) atoms. The van der Waals surface area contributed by atoms with Crippen molar-refractivity contribution in [1.82, 2.24) is 9.80 Å². The van der Waals surface area contributed by atoms with E-state index in [0.29, 0.717) is 18.7 Å². The molecule has 1 heterocycles. The first-order chi connectivity index (χ1) is 13.1. The van der Waals surface area contributed by atoms with Gasteiger partial charge in [0.05, 0.1) is 5.56 Å². The molecule has 0 radical (unpaired) electrons. The van der Waals surface area contributed by atoms with Gasteiger partial charge in [0.1, 0.15) is 5.75 Å². The average molecular weight is 360 g/mol. The summed E-state index contributed by atoms with van der Waals surface area (Å²) in [4.78, 5) is 16.9. The second kappa shape index (κ2) is 7.41. The topological polar surface area (TPSA) is 43.8 Å². The van der Waals surface area contributed by atoms with Crippen LogP contribution in [0.15, 0.2) is 60.7 Å². The third kappa shape index (κ3) is 3.67. The van der Waals surface area contributed by atoms with Crippen molar-refractivity contribution >= 4 is 16.7 Å². The monoisotopic (exact) mass is 360 g/mol. The van der Waals surface area contributed by atoms with Crippen LogP contribution in [-0.4, -0.2) is 47.0 Å². The molecule has 1 fully saturated rings. The lowest BCUT2D eigenvalue weighted by atomic mass is 10.0. The van der Waals surface area contributed by atoms with Gasteiger partial charge in [0.25, 0.3) is 5.91 Å². The maximum atomic E-state index is 12.7. The van der Waals surface area contributed by atoms with Gasteiger partial charge in [-0.3, -0.25) is 9.69 Å². The Morgan fingerprint density at radius 2 is 1.70 bits per heavy atom. The lowest BCUT2D eigenvalue weighted by Crippen LogP contribution is -2.48. The molecule has 138 valence electrons. The van der Waals surface area contributed by atoms with E-state index in [9.17, 15) is 9.90 Å². The number of fused-ring (bicyclic) bond motifs is 1. The smallest absolute Gasteiger partial charge is 0.257 e. The quantitative estimate of drug-likeness (QED) is 0.772. The predicted octanol–water partition coefficient (Wildman–Crippen LogP) is 3.81. The van der Waals surface area contributed by atoms with Gasteiger partial charge in [0.2, 0.25) is 0 Å². The number of carbonyl (C=O) groups is 1. The summed E-state index contributed by atoms with van der Waals surface area (Å²) in [5.41, 5.74) is 2.66. The Morgan fingerprint density at radius 3 is 2.48 bits per heavy atom. The third-order valence-electron chi connectivity index (χ3n) is 5.32. The van der Waals surface area contributed by atoms with E-state index in [1.54, 1.807) is 12.1 Å². The molecule has 3 aromatic rings. The Kier molecular flexibility index (Phi) is 4.82. The van der Waals surface area contributed by atoms with Crippen molar-refractivity contribution in [3.63, 3.8) is 0 Å². The zero-order valence-corrected chi connectivity index (χ0v) is 15.6. The van der Waals surface area contributed by atoms with Gasteiger partial charge in [0, 0.05) is 32.7 Å². The number of phenolic OH excluding ortho intramolecular Hbond substituents is 1. The molecule has 3 aromatic carbocycles. The molecule has 1 saturated heterocycles. The maximum Gasteiger partial charge on any atom is 0.257 e. The fourth-order valence-electron chi connectivity index (χ4n) is 3.77. The molecule has 1 aliphatic heterocycles. The highest BCUT2D eigenvalue weighted by Gasteiger charge is 2.24. The van der Waals surface area contributed by atoms with Gasteiger partial charge < -0.3 is 10.0 Å². The van der Waals surface area contributed by atoms with E-state index in [1.165, 1.54) is 16.3 Å². The highest BCUT2D eigenvalue weighted by Crippen LogP contribution is 2.23. The minimum absolute atomic E-state index is 0.0678. The second-order valence-electron chi connectivity index (χ2n) is 7.23. The van der Waals surface area contributed by atoms with Crippen molar-refractivity contribution in [2.24, 2.45) is 0 Å². The molecule has 4 heteroatoms. The highest BCUT2D eigenvalue weighted by molar-refractivity contribution is 5.97. The van der Waals surface area contributed by atoms with Crippen molar-refractivity contribution in [3.05, 3.63) is 77.4 Å². The van der Waals surface area contributed by atoms with Crippen LogP contribution in [0.3, 0.4) is 0 Å². The van der Waals surface area contributed by atoms with E-state index < -0.39 is 0 Å². The highest BCUT2D eigenvalue weighted by atomic mass is 16.3. The number of hydrogen-bond donors (Lipinski definition) is 1. The van der Waals surface area contributed by atoms with Gasteiger partial charge in [-0.15, -0.1) is 0 Å². The fourth-order valence-corrected chi connectivity index (χ4v) is 3.77. The number of piperazine rings is 1. The first kappa shape index (κ1) is 17.6. The van der Waals surface area contributed by atoms with Gasteiger partial charge in [-0.05, 0) is 41.0 Å². The van der Waals surface area contributed by atoms with Crippen LogP contribution in [0.4, 0.5) is 0 Å². The molecule has 0 bridgehead atoms. The van der Waals surface area contributed by atoms with Crippen molar-refractivity contribution in [2.45, 2.75) is 13.5 Å². The number of nitrogens with zero attached hydrogens (tertiary/aromatic N) is 2. The molecule has 0 aromatic heterocycles. The van der Waals surface area contributed by atoms with Crippen LogP contribution in [0.1, 0.15) is 21.5 Å². The summed E-state index contributed by atoms with van der Waals surface area (Å²) in [5.74, 6) is -0.0181. The minimum atomic E-state index is -0.0858. The zero-order chi connectivity index (χ0) is 18.8. The van der Waals surface area contributed by atoms with E-state index in [4.69, 9.17) is 0 Å². The first-order valence-corrected chi connectivity index (χ1v) is 9.40. The molecule has 1 aliphatic rings. The third-order valence-corrected chi connectivity index (χ3v) is 5.32. The summed E-state index contributed by atoms with van der Waals surface area (Å²) in [6.07, 6.45) is 0. The summed E-state index contributed by atoms with van der Waals surface area (Å²) in [6.45, 7) is 5.82. The van der Waals surface area contributed by atoms with Crippen molar-refractivity contribution in [3.8, 4) is 5.75 Å². The molecule has 4 rings (SSSR count). The molecule has 1 amide bonds. The van der Waals surface area contributed by atoms with Gasteiger partial charge in [-0.1, -0.05) is 48.5 Å². The number of rotatable bonds is 3. The van der Waals surface area contributed by atoms with E-state index >= 15 is 0 Å². The molecule has 0 spiro atoms. The Hall–Kier alpha value is -2.85. The molecule has 0 unspecified atom stereocenters. The Balaban J connectivity index is 1.42. The van der Waals surface area contributed by atoms with Gasteiger partial charge in [-0.25, -0.2) is 0 Å². The minimum Gasteiger partial charge on any atom is -0.507 e. The van der Waals surface area contributed by atoms with E-state index in [2.05, 4.69) is 47.4 Å². The van der Waals surface area contributed by atoms with Crippen LogP contribution in [0.25, 0.3) is 10.8 Å². The summed E-state index contributed by atoms with van der Waals surface area (Å²) >= 11 is 0. The van der Waals surface area contributed by atoms with Crippen molar-refractivity contribution < 1.29 is 9.90 Å². The number of aryl methyl sites for hydroxylation is 1. The van der Waals surface area contributed by atoms with Crippen molar-refractivity contribution in [2.75, 3.05) is 26.2 Å². The molecule has 0 aliphatic carbocycles. The Bertz CT molecular complexity index is 970. The van der Waals surface area contributed by atoms with Crippen LogP contribution >= 0.6 is 0 Å². The molecular weight excluding hydrogens is 336 g/mol. The molecule has 4 nitrogen and oxygen atoms in total. The summed E-state index contributed by atoms with van der Waals surface area (Å²) in [7, 11) is 0. The average Bonchev–Trinajstić information content (AvgIpc) is 2.68. The van der Waals surface area contributed by atoms with Crippen LogP contribution in [0.5, 0.6) is 5.75 Å². The predicted molar refractivity (Wildman–Crippen MR) is 108 cm³/mol. The van der Waals surface area contributed by atoms with E-state index in [1.807, 2.05) is 17.9 Å². The molecule has 0 atom stereocenters.